The fraction of sp³-hybridized carbons (Fsp3) is 0.846. The number of aliphatic carboxylic acids is 1. The quantitative estimate of drug-likeness (QED) is 0.654. The molecule has 1 atom stereocenters. The molecule has 17 heavy (non-hydrogen) atoms. The molecular formula is C13H25NO3. The largest absolute Gasteiger partial charge is 0.480 e. The number of rotatable bonds is 9. The molecule has 0 fully saturated rings. The van der Waals surface area contributed by atoms with E-state index in [0.717, 1.165) is 32.1 Å². The van der Waals surface area contributed by atoms with Crippen LogP contribution in [-0.2, 0) is 9.59 Å². The van der Waals surface area contributed by atoms with Gasteiger partial charge in [0.2, 0.25) is 5.91 Å². The number of hydrogen-bond acceptors (Lipinski definition) is 2. The molecule has 0 heterocycles. The van der Waals surface area contributed by atoms with E-state index < -0.39 is 12.0 Å². The van der Waals surface area contributed by atoms with Crippen LogP contribution < -0.4 is 5.32 Å². The van der Waals surface area contributed by atoms with Crippen LogP contribution in [-0.4, -0.2) is 23.0 Å². The fourth-order valence-corrected chi connectivity index (χ4v) is 1.94. The van der Waals surface area contributed by atoms with Gasteiger partial charge in [-0.25, -0.2) is 4.79 Å². The van der Waals surface area contributed by atoms with Crippen LogP contribution in [0.4, 0.5) is 0 Å². The topological polar surface area (TPSA) is 66.4 Å². The Kier molecular flexibility index (Phi) is 8.46. The fourth-order valence-electron chi connectivity index (χ4n) is 1.94. The molecule has 0 aromatic rings. The Labute approximate surface area is 104 Å². The van der Waals surface area contributed by atoms with Crippen molar-refractivity contribution in [1.82, 2.24) is 5.32 Å². The summed E-state index contributed by atoms with van der Waals surface area (Å²) in [6, 6.07) is -0.733. The zero-order valence-corrected chi connectivity index (χ0v) is 11.2. The highest BCUT2D eigenvalue weighted by atomic mass is 16.4. The van der Waals surface area contributed by atoms with E-state index in [0.29, 0.717) is 6.42 Å². The Morgan fingerprint density at radius 3 is 1.82 bits per heavy atom. The predicted octanol–water partition coefficient (Wildman–Crippen LogP) is 2.57. The average molecular weight is 243 g/mol. The van der Waals surface area contributed by atoms with Crippen molar-refractivity contribution in [2.45, 2.75) is 65.3 Å². The molecule has 0 rings (SSSR count). The summed E-state index contributed by atoms with van der Waals surface area (Å²) in [6.45, 7) is 5.99. The highest BCUT2D eigenvalue weighted by Crippen LogP contribution is 2.14. The molecule has 0 spiro atoms. The Morgan fingerprint density at radius 1 is 1.00 bits per heavy atom. The molecule has 4 nitrogen and oxygen atoms in total. The second-order valence-electron chi connectivity index (χ2n) is 4.46. The van der Waals surface area contributed by atoms with Gasteiger partial charge in [-0.3, -0.25) is 4.79 Å². The van der Waals surface area contributed by atoms with Crippen molar-refractivity contribution in [3.63, 3.8) is 0 Å². The normalized spacial score (nSPS) is 12.5. The van der Waals surface area contributed by atoms with E-state index in [-0.39, 0.29) is 11.8 Å². The summed E-state index contributed by atoms with van der Waals surface area (Å²) in [5, 5.41) is 11.6. The SMILES string of the molecule is CCCC(CCC)C(=O)N[C@@H](CCC)C(=O)O. The summed E-state index contributed by atoms with van der Waals surface area (Å²) in [5.41, 5.74) is 0. The van der Waals surface area contributed by atoms with Crippen LogP contribution in [0.2, 0.25) is 0 Å². The van der Waals surface area contributed by atoms with Gasteiger partial charge in [-0.15, -0.1) is 0 Å². The standard InChI is InChI=1S/C13H25NO3/c1-4-7-10(8-5-2)12(15)14-11(9-6-3)13(16)17/h10-11H,4-9H2,1-3H3,(H,14,15)(H,16,17)/t11-/m0/s1. The lowest BCUT2D eigenvalue weighted by Crippen LogP contribution is -2.43. The van der Waals surface area contributed by atoms with Gasteiger partial charge in [-0.1, -0.05) is 40.0 Å². The smallest absolute Gasteiger partial charge is 0.326 e. The molecule has 0 aliphatic heterocycles. The Hall–Kier alpha value is -1.06. The van der Waals surface area contributed by atoms with Gasteiger partial charge in [-0.05, 0) is 19.3 Å². The molecule has 0 saturated heterocycles. The van der Waals surface area contributed by atoms with Crippen LogP contribution in [0.3, 0.4) is 0 Å². The van der Waals surface area contributed by atoms with Crippen molar-refractivity contribution in [1.29, 1.82) is 0 Å². The summed E-state index contributed by atoms with van der Waals surface area (Å²) < 4.78 is 0. The molecule has 2 N–H and O–H groups in total. The number of nitrogens with one attached hydrogen (secondary N) is 1. The zero-order valence-electron chi connectivity index (χ0n) is 11.2. The number of carboxylic acids is 1. The van der Waals surface area contributed by atoms with Crippen LogP contribution >= 0.6 is 0 Å². The molecule has 0 aromatic carbocycles. The van der Waals surface area contributed by atoms with E-state index in [1.165, 1.54) is 0 Å². The van der Waals surface area contributed by atoms with E-state index in [2.05, 4.69) is 5.32 Å². The predicted molar refractivity (Wildman–Crippen MR) is 67.8 cm³/mol. The van der Waals surface area contributed by atoms with E-state index in [1.54, 1.807) is 0 Å². The number of carboxylic acid groups (broad SMARTS) is 1. The Morgan fingerprint density at radius 2 is 1.47 bits per heavy atom. The van der Waals surface area contributed by atoms with Gasteiger partial charge >= 0.3 is 5.97 Å². The van der Waals surface area contributed by atoms with Crippen molar-refractivity contribution in [3.05, 3.63) is 0 Å². The van der Waals surface area contributed by atoms with Crippen LogP contribution in [0.1, 0.15) is 59.3 Å². The van der Waals surface area contributed by atoms with Crippen LogP contribution in [0.25, 0.3) is 0 Å². The minimum atomic E-state index is -0.938. The molecular weight excluding hydrogens is 218 g/mol. The zero-order chi connectivity index (χ0) is 13.3. The molecule has 0 bridgehead atoms. The summed E-state index contributed by atoms with van der Waals surface area (Å²) in [4.78, 5) is 22.9. The number of hydrogen-bond donors (Lipinski definition) is 2. The minimum absolute atomic E-state index is 0.0382. The first kappa shape index (κ1) is 15.9. The lowest BCUT2D eigenvalue weighted by molar-refractivity contribution is -0.142. The number of carbonyl (C=O) groups is 2. The first-order valence-corrected chi connectivity index (χ1v) is 6.59. The molecule has 0 unspecified atom stereocenters. The molecule has 0 aromatic heterocycles. The Bertz CT molecular complexity index is 235. The molecule has 100 valence electrons. The molecule has 0 saturated carbocycles. The van der Waals surface area contributed by atoms with Gasteiger partial charge in [0.15, 0.2) is 0 Å². The molecule has 0 aliphatic rings. The number of amides is 1. The summed E-state index contributed by atoms with van der Waals surface area (Å²) in [5.74, 6) is -1.08. The van der Waals surface area contributed by atoms with E-state index in [1.807, 2.05) is 20.8 Å². The Balaban J connectivity index is 4.38. The highest BCUT2D eigenvalue weighted by molar-refractivity contribution is 5.84. The maximum Gasteiger partial charge on any atom is 0.326 e. The van der Waals surface area contributed by atoms with Crippen LogP contribution in [0.5, 0.6) is 0 Å². The third-order valence-electron chi connectivity index (χ3n) is 2.84. The van der Waals surface area contributed by atoms with Gasteiger partial charge < -0.3 is 10.4 Å². The van der Waals surface area contributed by atoms with E-state index in [4.69, 9.17) is 5.11 Å². The summed E-state index contributed by atoms with van der Waals surface area (Å²) in [6.07, 6.45) is 4.80. The summed E-state index contributed by atoms with van der Waals surface area (Å²) in [7, 11) is 0. The van der Waals surface area contributed by atoms with E-state index >= 15 is 0 Å². The second-order valence-corrected chi connectivity index (χ2v) is 4.46. The van der Waals surface area contributed by atoms with E-state index in [9.17, 15) is 9.59 Å². The van der Waals surface area contributed by atoms with Gasteiger partial charge in [0.25, 0.3) is 0 Å². The second kappa shape index (κ2) is 9.02. The number of carbonyl (C=O) groups excluding carboxylic acids is 1. The maximum atomic E-state index is 11.9. The summed E-state index contributed by atoms with van der Waals surface area (Å²) >= 11 is 0. The van der Waals surface area contributed by atoms with Crippen molar-refractivity contribution in [2.24, 2.45) is 5.92 Å². The molecule has 0 aliphatic carbocycles. The maximum absolute atomic E-state index is 11.9. The van der Waals surface area contributed by atoms with Gasteiger partial charge in [-0.2, -0.15) is 0 Å². The van der Waals surface area contributed by atoms with Gasteiger partial charge in [0.1, 0.15) is 6.04 Å². The molecule has 1 amide bonds. The van der Waals surface area contributed by atoms with Crippen LogP contribution in [0, 0.1) is 5.92 Å². The minimum Gasteiger partial charge on any atom is -0.480 e. The monoisotopic (exact) mass is 243 g/mol. The molecule has 0 radical (unpaired) electrons. The third-order valence-corrected chi connectivity index (χ3v) is 2.84. The lowest BCUT2D eigenvalue weighted by atomic mass is 9.96. The van der Waals surface area contributed by atoms with Crippen molar-refractivity contribution in [2.75, 3.05) is 0 Å². The van der Waals surface area contributed by atoms with Crippen molar-refractivity contribution in [3.8, 4) is 0 Å². The van der Waals surface area contributed by atoms with Crippen molar-refractivity contribution >= 4 is 11.9 Å². The van der Waals surface area contributed by atoms with Crippen molar-refractivity contribution < 1.29 is 14.7 Å². The van der Waals surface area contributed by atoms with Crippen LogP contribution in [0.15, 0.2) is 0 Å². The van der Waals surface area contributed by atoms with Gasteiger partial charge in [0.05, 0.1) is 0 Å². The average Bonchev–Trinajstić information content (AvgIpc) is 2.28. The lowest BCUT2D eigenvalue weighted by Gasteiger charge is -2.19. The molecule has 4 heteroatoms. The highest BCUT2D eigenvalue weighted by Gasteiger charge is 2.23. The third kappa shape index (κ3) is 6.29. The van der Waals surface area contributed by atoms with Gasteiger partial charge in [0, 0.05) is 5.92 Å². The first-order chi connectivity index (χ1) is 8.06. The first-order valence-electron chi connectivity index (χ1n) is 6.59.